The van der Waals surface area contributed by atoms with Crippen molar-refractivity contribution in [2.75, 3.05) is 5.75 Å². The number of hydrogen-bond donors (Lipinski definition) is 1. The number of benzene rings is 4. The van der Waals surface area contributed by atoms with Crippen LogP contribution in [0.1, 0.15) is 49.4 Å². The highest BCUT2D eigenvalue weighted by Crippen LogP contribution is 2.42. The Balaban J connectivity index is 1.55. The molecule has 0 aromatic heterocycles. The van der Waals surface area contributed by atoms with E-state index in [2.05, 4.69) is 53.6 Å². The van der Waals surface area contributed by atoms with E-state index in [0.29, 0.717) is 11.3 Å². The van der Waals surface area contributed by atoms with Crippen LogP contribution in [0.15, 0.2) is 133 Å². The number of β-lactam (4-membered cyclic amide) rings is 1. The van der Waals surface area contributed by atoms with Crippen molar-refractivity contribution in [2.24, 2.45) is 0 Å². The molecular weight excluding hydrogens is 577 g/mol. The monoisotopic (exact) mass is 614 g/mol. The number of amides is 1. The van der Waals surface area contributed by atoms with Gasteiger partial charge in [0.15, 0.2) is 0 Å². The maximum Gasteiger partial charge on any atom is 0.355 e. The van der Waals surface area contributed by atoms with Crippen molar-refractivity contribution in [3.05, 3.63) is 155 Å². The number of carbonyl (C=O) groups is 2. The summed E-state index contributed by atoms with van der Waals surface area (Å²) < 4.78 is 5.74. The summed E-state index contributed by atoms with van der Waals surface area (Å²) in [6.07, 6.45) is 0.750. The maximum absolute atomic E-state index is 14.3. The number of ether oxygens (including phenoxy) is 1. The van der Waals surface area contributed by atoms with Crippen molar-refractivity contribution < 1.29 is 14.3 Å². The van der Waals surface area contributed by atoms with Gasteiger partial charge in [0.25, 0.3) is 0 Å². The van der Waals surface area contributed by atoms with Crippen molar-refractivity contribution in [1.82, 2.24) is 10.2 Å². The molecule has 2 unspecified atom stereocenters. The van der Waals surface area contributed by atoms with Gasteiger partial charge < -0.3 is 4.74 Å². The number of rotatable bonds is 11. The summed E-state index contributed by atoms with van der Waals surface area (Å²) in [5.41, 5.74) is 4.05. The molecule has 1 aliphatic heterocycles. The highest BCUT2D eigenvalue weighted by atomic mass is 32.2. The first kappa shape index (κ1) is 31.8. The number of likely N-dealkylation sites (tertiary alicyclic amines) is 1. The lowest BCUT2D eigenvalue weighted by atomic mass is 9.76. The molecule has 0 spiro atoms. The second kappa shape index (κ2) is 14.9. The second-order valence-electron chi connectivity index (χ2n) is 11.0. The molecule has 4 aromatic rings. The van der Waals surface area contributed by atoms with Crippen molar-refractivity contribution >= 4 is 23.6 Å². The molecule has 4 aromatic carbocycles. The maximum atomic E-state index is 14.3. The summed E-state index contributed by atoms with van der Waals surface area (Å²) in [5.74, 6) is 6.16. The van der Waals surface area contributed by atoms with Gasteiger partial charge in [-0.3, -0.25) is 15.0 Å². The normalized spacial score (nSPS) is 15.8. The number of hydrogen-bond acceptors (Lipinski definition) is 5. The third-order valence-corrected chi connectivity index (χ3v) is 8.92. The zero-order valence-electron chi connectivity index (χ0n) is 25.9. The van der Waals surface area contributed by atoms with Gasteiger partial charge in [-0.15, -0.1) is 17.7 Å². The zero-order chi connectivity index (χ0) is 31.6. The fourth-order valence-electron chi connectivity index (χ4n) is 5.69. The lowest BCUT2D eigenvalue weighted by Crippen LogP contribution is -2.72. The molecule has 1 amide bonds. The van der Waals surface area contributed by atoms with Gasteiger partial charge in [-0.2, -0.15) is 0 Å². The van der Waals surface area contributed by atoms with E-state index in [1.165, 1.54) is 0 Å². The van der Waals surface area contributed by atoms with Crippen LogP contribution in [0.25, 0.3) is 0 Å². The molecule has 0 saturated carbocycles. The summed E-state index contributed by atoms with van der Waals surface area (Å²) in [6, 6.07) is 39.5. The van der Waals surface area contributed by atoms with E-state index in [0.717, 1.165) is 28.7 Å². The van der Waals surface area contributed by atoms with E-state index >= 15 is 0 Å². The standard InChI is InChI=1S/C39H38N2O3S/c1-4-5-18-27-45-37-34(36(42)41(37)35(29(2)3)38(43)44-28-30-19-10-6-11-20-30)40-39(31-21-12-7-13-22-31,32-23-14-8-15-24-32)33-25-16-9-17-26-33/h6-17,19-26,34,37,40H,4,27-28H2,1-3H3. The van der Waals surface area contributed by atoms with Gasteiger partial charge in [-0.05, 0) is 41.7 Å². The highest BCUT2D eigenvalue weighted by Gasteiger charge is 2.54. The first-order valence-corrected chi connectivity index (χ1v) is 16.3. The number of esters is 1. The first-order chi connectivity index (χ1) is 22.0. The van der Waals surface area contributed by atoms with Crippen molar-refractivity contribution in [1.29, 1.82) is 0 Å². The number of carbonyl (C=O) groups excluding carboxylic acids is 2. The van der Waals surface area contributed by atoms with Crippen molar-refractivity contribution in [3.8, 4) is 11.8 Å². The number of allylic oxidation sites excluding steroid dienone is 1. The first-order valence-electron chi connectivity index (χ1n) is 15.2. The van der Waals surface area contributed by atoms with Gasteiger partial charge in [-0.1, -0.05) is 134 Å². The SMILES string of the molecule is CCC#CCSC1C(NC(c2ccccc2)(c2ccccc2)c2ccccc2)C(=O)N1C(C(=O)OCc1ccccc1)=C(C)C. The van der Waals surface area contributed by atoms with E-state index in [-0.39, 0.29) is 18.2 Å². The molecule has 5 rings (SSSR count). The Morgan fingerprint density at radius 1 is 0.800 bits per heavy atom. The quantitative estimate of drug-likeness (QED) is 0.0632. The van der Waals surface area contributed by atoms with Crippen LogP contribution in [0.3, 0.4) is 0 Å². The molecule has 1 fully saturated rings. The summed E-state index contributed by atoms with van der Waals surface area (Å²) in [4.78, 5) is 29.5. The molecule has 1 heterocycles. The number of nitrogens with one attached hydrogen (secondary N) is 1. The van der Waals surface area contributed by atoms with E-state index < -0.39 is 22.9 Å². The van der Waals surface area contributed by atoms with Gasteiger partial charge in [0, 0.05) is 6.42 Å². The third kappa shape index (κ3) is 6.91. The van der Waals surface area contributed by atoms with Gasteiger partial charge in [0.2, 0.25) is 5.91 Å². The van der Waals surface area contributed by atoms with Crippen LogP contribution in [0.5, 0.6) is 0 Å². The van der Waals surface area contributed by atoms with Crippen LogP contribution in [-0.2, 0) is 26.5 Å². The Labute approximate surface area is 270 Å². The lowest BCUT2D eigenvalue weighted by Gasteiger charge is -2.51. The fourth-order valence-corrected chi connectivity index (χ4v) is 6.78. The predicted molar refractivity (Wildman–Crippen MR) is 182 cm³/mol. The van der Waals surface area contributed by atoms with Crippen molar-refractivity contribution in [2.45, 2.75) is 50.8 Å². The molecule has 0 radical (unpaired) electrons. The van der Waals surface area contributed by atoms with Crippen LogP contribution < -0.4 is 5.32 Å². The van der Waals surface area contributed by atoms with Gasteiger partial charge in [-0.25, -0.2) is 4.79 Å². The second-order valence-corrected chi connectivity index (χ2v) is 12.1. The fraction of sp³-hybridized carbons (Fsp3) is 0.231. The van der Waals surface area contributed by atoms with Crippen LogP contribution in [0.2, 0.25) is 0 Å². The Hall–Kier alpha value is -4.57. The Morgan fingerprint density at radius 3 is 1.76 bits per heavy atom. The average Bonchev–Trinajstić information content (AvgIpc) is 3.09. The molecule has 228 valence electrons. The van der Waals surface area contributed by atoms with E-state index in [1.54, 1.807) is 16.7 Å². The molecule has 5 nitrogen and oxygen atoms in total. The van der Waals surface area contributed by atoms with E-state index in [1.807, 2.05) is 106 Å². The largest absolute Gasteiger partial charge is 0.456 e. The minimum Gasteiger partial charge on any atom is -0.456 e. The van der Waals surface area contributed by atoms with E-state index in [4.69, 9.17) is 4.74 Å². The minimum atomic E-state index is -0.844. The number of thioether (sulfide) groups is 1. The molecule has 1 N–H and O–H groups in total. The van der Waals surface area contributed by atoms with Crippen LogP contribution in [0, 0.1) is 11.8 Å². The van der Waals surface area contributed by atoms with Gasteiger partial charge in [0.05, 0.1) is 11.3 Å². The summed E-state index contributed by atoms with van der Waals surface area (Å²) in [5, 5.41) is 3.45. The Bertz CT molecular complexity index is 1580. The average molecular weight is 615 g/mol. The minimum absolute atomic E-state index is 0.124. The Kier molecular flexibility index (Phi) is 10.6. The zero-order valence-corrected chi connectivity index (χ0v) is 26.7. The molecule has 0 bridgehead atoms. The van der Waals surface area contributed by atoms with Crippen LogP contribution in [0.4, 0.5) is 0 Å². The Morgan fingerprint density at radius 2 is 1.29 bits per heavy atom. The third-order valence-electron chi connectivity index (χ3n) is 7.78. The van der Waals surface area contributed by atoms with E-state index in [9.17, 15) is 9.59 Å². The molecular formula is C39H38N2O3S. The van der Waals surface area contributed by atoms with Gasteiger partial charge >= 0.3 is 5.97 Å². The smallest absolute Gasteiger partial charge is 0.355 e. The van der Waals surface area contributed by atoms with Crippen molar-refractivity contribution in [3.63, 3.8) is 0 Å². The van der Waals surface area contributed by atoms with Crippen LogP contribution in [-0.4, -0.2) is 33.9 Å². The number of nitrogens with zero attached hydrogens (tertiary/aromatic N) is 1. The molecule has 1 aliphatic rings. The van der Waals surface area contributed by atoms with Gasteiger partial charge in [0.1, 0.15) is 23.7 Å². The summed E-state index contributed by atoms with van der Waals surface area (Å²) in [7, 11) is 0. The molecule has 2 atom stereocenters. The molecule has 6 heteroatoms. The topological polar surface area (TPSA) is 58.6 Å². The summed E-state index contributed by atoms with van der Waals surface area (Å²) >= 11 is 1.55. The predicted octanol–water partition coefficient (Wildman–Crippen LogP) is 7.29. The molecule has 45 heavy (non-hydrogen) atoms. The highest BCUT2D eigenvalue weighted by molar-refractivity contribution is 8.00. The lowest BCUT2D eigenvalue weighted by molar-refractivity contribution is -0.152. The molecule has 1 saturated heterocycles. The summed E-state index contributed by atoms with van der Waals surface area (Å²) in [6.45, 7) is 5.82. The van der Waals surface area contributed by atoms with Crippen LogP contribution >= 0.6 is 11.8 Å². The molecule has 0 aliphatic carbocycles.